The maximum absolute atomic E-state index is 12.5. The first-order valence-electron chi connectivity index (χ1n) is 9.58. The monoisotopic (exact) mass is 394 g/mol. The van der Waals surface area contributed by atoms with Gasteiger partial charge in [0.2, 0.25) is 0 Å². The largest absolute Gasteiger partial charge is 0.493 e. The van der Waals surface area contributed by atoms with Crippen molar-refractivity contribution in [2.24, 2.45) is 5.10 Å². The Bertz CT molecular complexity index is 1050. The normalized spacial score (nSPS) is 11.4. The van der Waals surface area contributed by atoms with Gasteiger partial charge >= 0.3 is 0 Å². The van der Waals surface area contributed by atoms with Gasteiger partial charge in [-0.25, -0.2) is 10.4 Å². The quantitative estimate of drug-likeness (QED) is 0.487. The number of hydrazone groups is 1. The predicted octanol–water partition coefficient (Wildman–Crippen LogP) is 3.92. The summed E-state index contributed by atoms with van der Waals surface area (Å²) in [5, 5.41) is 4.09. The molecule has 0 saturated carbocycles. The van der Waals surface area contributed by atoms with E-state index in [4.69, 9.17) is 9.47 Å². The summed E-state index contributed by atoms with van der Waals surface area (Å²) in [5.41, 5.74) is 5.58. The van der Waals surface area contributed by atoms with Gasteiger partial charge in [-0.1, -0.05) is 6.07 Å². The highest BCUT2D eigenvalue weighted by Gasteiger charge is 2.12. The van der Waals surface area contributed by atoms with Gasteiger partial charge < -0.3 is 14.0 Å². The summed E-state index contributed by atoms with van der Waals surface area (Å²) in [6.45, 7) is 8.73. The number of carbonyl (C=O) groups is 1. The minimum absolute atomic E-state index is 0.0221. The number of para-hydroxylation sites is 1. The molecule has 0 fully saturated rings. The van der Waals surface area contributed by atoms with Crippen LogP contribution in [0.4, 0.5) is 0 Å². The fraction of sp³-hybridized carbons (Fsp3) is 0.318. The van der Waals surface area contributed by atoms with E-state index in [1.54, 1.807) is 25.5 Å². The fourth-order valence-corrected chi connectivity index (χ4v) is 3.17. The number of fused-ring (bicyclic) bond motifs is 1. The summed E-state index contributed by atoms with van der Waals surface area (Å²) >= 11 is 0. The fourth-order valence-electron chi connectivity index (χ4n) is 3.17. The zero-order valence-electron chi connectivity index (χ0n) is 17.4. The van der Waals surface area contributed by atoms with Crippen LogP contribution in [0, 0.1) is 6.92 Å². The van der Waals surface area contributed by atoms with E-state index in [9.17, 15) is 4.79 Å². The highest BCUT2D eigenvalue weighted by Crippen LogP contribution is 2.30. The van der Waals surface area contributed by atoms with Crippen LogP contribution in [0.2, 0.25) is 0 Å². The predicted molar refractivity (Wildman–Crippen MR) is 114 cm³/mol. The number of rotatable bonds is 7. The molecular weight excluding hydrogens is 368 g/mol. The third-order valence-electron chi connectivity index (χ3n) is 4.47. The van der Waals surface area contributed by atoms with Crippen molar-refractivity contribution in [1.82, 2.24) is 15.0 Å². The highest BCUT2D eigenvalue weighted by atomic mass is 16.5. The molecule has 3 aromatic rings. The summed E-state index contributed by atoms with van der Waals surface area (Å²) in [6, 6.07) is 11.0. The smallest absolute Gasteiger partial charge is 0.271 e. The Morgan fingerprint density at radius 3 is 2.79 bits per heavy atom. The van der Waals surface area contributed by atoms with E-state index in [1.165, 1.54) is 0 Å². The molecule has 7 heteroatoms. The maximum Gasteiger partial charge on any atom is 0.271 e. The number of hydrogen-bond acceptors (Lipinski definition) is 5. The second kappa shape index (κ2) is 8.77. The van der Waals surface area contributed by atoms with E-state index in [0.29, 0.717) is 22.6 Å². The van der Waals surface area contributed by atoms with E-state index >= 15 is 0 Å². The Morgan fingerprint density at radius 2 is 2.10 bits per heavy atom. The molecule has 0 aliphatic rings. The van der Waals surface area contributed by atoms with E-state index in [0.717, 1.165) is 23.4 Å². The number of methoxy groups -OCH3 is 1. The van der Waals surface area contributed by atoms with E-state index in [2.05, 4.69) is 27.0 Å². The molecule has 0 unspecified atom stereocenters. The van der Waals surface area contributed by atoms with Crippen molar-refractivity contribution in [1.29, 1.82) is 0 Å². The first kappa shape index (κ1) is 20.4. The van der Waals surface area contributed by atoms with Crippen LogP contribution in [-0.4, -0.2) is 34.9 Å². The zero-order chi connectivity index (χ0) is 21.0. The van der Waals surface area contributed by atoms with Crippen LogP contribution in [0.25, 0.3) is 11.0 Å². The zero-order valence-corrected chi connectivity index (χ0v) is 17.4. The molecule has 1 aromatic heterocycles. The van der Waals surface area contributed by atoms with Crippen LogP contribution in [-0.2, 0) is 6.54 Å². The van der Waals surface area contributed by atoms with E-state index in [-0.39, 0.29) is 12.0 Å². The van der Waals surface area contributed by atoms with Crippen LogP contribution in [0.5, 0.6) is 11.5 Å². The van der Waals surface area contributed by atoms with Gasteiger partial charge in [-0.3, -0.25) is 4.79 Å². The van der Waals surface area contributed by atoms with Gasteiger partial charge in [0.1, 0.15) is 5.82 Å². The summed E-state index contributed by atoms with van der Waals surface area (Å²) in [4.78, 5) is 17.0. The molecule has 0 bridgehead atoms. The number of nitrogens with zero attached hydrogens (tertiary/aromatic N) is 3. The first-order valence-corrected chi connectivity index (χ1v) is 9.58. The molecule has 0 aliphatic heterocycles. The van der Waals surface area contributed by atoms with Crippen molar-refractivity contribution >= 4 is 23.2 Å². The standard InChI is InChI=1S/C22H26N4O3/c1-6-26-15(4)24-18-12-16(10-11-19(18)26)22(27)25-23-13-17-8-7-9-20(28-5)21(17)29-14(2)3/h7-14H,6H2,1-5H3,(H,25,27)/b23-13-. The van der Waals surface area contributed by atoms with Gasteiger partial charge in [0.15, 0.2) is 11.5 Å². The van der Waals surface area contributed by atoms with Gasteiger partial charge in [0.25, 0.3) is 5.91 Å². The van der Waals surface area contributed by atoms with Crippen molar-refractivity contribution in [2.45, 2.75) is 40.3 Å². The lowest BCUT2D eigenvalue weighted by atomic mass is 10.2. The van der Waals surface area contributed by atoms with Gasteiger partial charge in [0, 0.05) is 17.7 Å². The molecule has 1 N–H and O–H groups in total. The number of imidazole rings is 1. The third-order valence-corrected chi connectivity index (χ3v) is 4.47. The summed E-state index contributed by atoms with van der Waals surface area (Å²) < 4.78 is 13.3. The molecule has 0 spiro atoms. The van der Waals surface area contributed by atoms with Crippen LogP contribution < -0.4 is 14.9 Å². The molecular formula is C22H26N4O3. The third kappa shape index (κ3) is 4.39. The van der Waals surface area contributed by atoms with Crippen LogP contribution in [0.3, 0.4) is 0 Å². The van der Waals surface area contributed by atoms with Gasteiger partial charge in [-0.05, 0) is 58.0 Å². The second-order valence-electron chi connectivity index (χ2n) is 6.85. The SMILES string of the molecule is CCn1c(C)nc2cc(C(=O)N/N=C\c3cccc(OC)c3OC(C)C)ccc21. The molecule has 0 radical (unpaired) electrons. The number of carbonyl (C=O) groups excluding carboxylic acids is 1. The Balaban J connectivity index is 1.79. The summed E-state index contributed by atoms with van der Waals surface area (Å²) in [5.74, 6) is 1.82. The average Bonchev–Trinajstić information content (AvgIpc) is 3.02. The maximum atomic E-state index is 12.5. The lowest BCUT2D eigenvalue weighted by Crippen LogP contribution is -2.17. The van der Waals surface area contributed by atoms with Gasteiger partial charge in [-0.15, -0.1) is 0 Å². The number of hydrogen-bond donors (Lipinski definition) is 1. The molecule has 152 valence electrons. The van der Waals surface area contributed by atoms with Gasteiger partial charge in [-0.2, -0.15) is 5.10 Å². The van der Waals surface area contributed by atoms with Crippen molar-refractivity contribution in [3.63, 3.8) is 0 Å². The van der Waals surface area contributed by atoms with Crippen molar-refractivity contribution in [3.8, 4) is 11.5 Å². The second-order valence-corrected chi connectivity index (χ2v) is 6.85. The van der Waals surface area contributed by atoms with Gasteiger partial charge in [0.05, 0.1) is 30.5 Å². The first-order chi connectivity index (χ1) is 13.9. The molecule has 1 amide bonds. The summed E-state index contributed by atoms with van der Waals surface area (Å²) in [6.07, 6.45) is 1.53. The number of nitrogens with one attached hydrogen (secondary N) is 1. The van der Waals surface area contributed by atoms with Crippen LogP contribution in [0.1, 0.15) is 42.5 Å². The molecule has 2 aromatic carbocycles. The minimum atomic E-state index is -0.305. The number of benzene rings is 2. The Hall–Kier alpha value is -3.35. The lowest BCUT2D eigenvalue weighted by Gasteiger charge is -2.15. The Labute approximate surface area is 170 Å². The number of ether oxygens (including phenoxy) is 2. The van der Waals surface area contributed by atoms with Crippen molar-refractivity contribution in [2.75, 3.05) is 7.11 Å². The summed E-state index contributed by atoms with van der Waals surface area (Å²) in [7, 11) is 1.59. The molecule has 3 rings (SSSR count). The topological polar surface area (TPSA) is 77.7 Å². The average molecular weight is 394 g/mol. The minimum Gasteiger partial charge on any atom is -0.493 e. The molecule has 7 nitrogen and oxygen atoms in total. The van der Waals surface area contributed by atoms with Crippen LogP contribution in [0.15, 0.2) is 41.5 Å². The lowest BCUT2D eigenvalue weighted by molar-refractivity contribution is 0.0955. The Morgan fingerprint density at radius 1 is 1.31 bits per heavy atom. The molecule has 29 heavy (non-hydrogen) atoms. The number of amides is 1. The van der Waals surface area contributed by atoms with E-state index in [1.807, 2.05) is 45.0 Å². The van der Waals surface area contributed by atoms with Crippen LogP contribution >= 0.6 is 0 Å². The highest BCUT2D eigenvalue weighted by molar-refractivity contribution is 5.98. The van der Waals surface area contributed by atoms with E-state index < -0.39 is 0 Å². The Kier molecular flexibility index (Phi) is 6.16. The molecule has 0 saturated heterocycles. The number of aromatic nitrogens is 2. The van der Waals surface area contributed by atoms with Crippen molar-refractivity contribution < 1.29 is 14.3 Å². The molecule has 1 heterocycles. The number of aryl methyl sites for hydroxylation is 2. The van der Waals surface area contributed by atoms with Crippen molar-refractivity contribution in [3.05, 3.63) is 53.3 Å². The molecule has 0 aliphatic carbocycles. The molecule has 0 atom stereocenters.